The molecular weight excluding hydrogens is 362 g/mol. The topological polar surface area (TPSA) is 60.2 Å². The van der Waals surface area contributed by atoms with Gasteiger partial charge in [-0.15, -0.1) is 0 Å². The van der Waals surface area contributed by atoms with Gasteiger partial charge in [-0.05, 0) is 23.3 Å². The number of nitro benzene ring substituents is 1. The molecule has 0 spiro atoms. The van der Waals surface area contributed by atoms with Crippen molar-refractivity contribution in [3.63, 3.8) is 0 Å². The molecule has 0 heterocycles. The highest BCUT2D eigenvalue weighted by Gasteiger charge is 2.55. The fourth-order valence-electron chi connectivity index (χ4n) is 3.76. The number of hydrogen-bond acceptors (Lipinski definition) is 3. The highest BCUT2D eigenvalue weighted by Crippen LogP contribution is 2.61. The standard InChI is InChI=1S/C22H16ClNO3/c23-17-10-6-14(7-11-17)19-20(15-8-12-18(13-9-15)24(26)27)21(19)22(25)16-4-2-1-3-5-16/h1-13,19-21H/t19-,20-,21-/m1/s1. The van der Waals surface area contributed by atoms with Gasteiger partial charge < -0.3 is 0 Å². The monoisotopic (exact) mass is 377 g/mol. The van der Waals surface area contributed by atoms with Crippen LogP contribution in [0.1, 0.15) is 33.3 Å². The lowest BCUT2D eigenvalue weighted by Crippen LogP contribution is -2.04. The molecule has 4 nitrogen and oxygen atoms in total. The van der Waals surface area contributed by atoms with E-state index in [2.05, 4.69) is 0 Å². The molecule has 0 aliphatic heterocycles. The Kier molecular flexibility index (Phi) is 4.50. The third-order valence-corrected chi connectivity index (χ3v) is 5.38. The molecule has 134 valence electrons. The van der Waals surface area contributed by atoms with E-state index in [1.54, 1.807) is 12.1 Å². The molecule has 0 aromatic heterocycles. The first-order chi connectivity index (χ1) is 13.1. The largest absolute Gasteiger partial charge is 0.294 e. The van der Waals surface area contributed by atoms with Crippen molar-refractivity contribution < 1.29 is 9.72 Å². The van der Waals surface area contributed by atoms with Crippen molar-refractivity contribution in [1.82, 2.24) is 0 Å². The number of rotatable bonds is 5. The van der Waals surface area contributed by atoms with Gasteiger partial charge in [0.1, 0.15) is 0 Å². The number of carbonyl (C=O) groups is 1. The summed E-state index contributed by atoms with van der Waals surface area (Å²) in [5.41, 5.74) is 2.73. The number of carbonyl (C=O) groups excluding carboxylic acids is 1. The minimum absolute atomic E-state index is 0.000291. The van der Waals surface area contributed by atoms with Gasteiger partial charge in [0.2, 0.25) is 0 Å². The molecule has 0 saturated heterocycles. The Morgan fingerprint density at radius 2 is 1.33 bits per heavy atom. The fraction of sp³-hybridized carbons (Fsp3) is 0.136. The Balaban J connectivity index is 1.69. The van der Waals surface area contributed by atoms with Crippen LogP contribution in [0.15, 0.2) is 78.9 Å². The van der Waals surface area contributed by atoms with E-state index in [1.165, 1.54) is 12.1 Å². The predicted molar refractivity (Wildman–Crippen MR) is 104 cm³/mol. The van der Waals surface area contributed by atoms with Gasteiger partial charge in [-0.2, -0.15) is 0 Å². The predicted octanol–water partition coefficient (Wildman–Crippen LogP) is 5.63. The van der Waals surface area contributed by atoms with E-state index in [4.69, 9.17) is 11.6 Å². The van der Waals surface area contributed by atoms with Crippen LogP contribution in [0.3, 0.4) is 0 Å². The zero-order valence-electron chi connectivity index (χ0n) is 14.3. The molecule has 0 unspecified atom stereocenters. The molecule has 3 aromatic rings. The van der Waals surface area contributed by atoms with Crippen molar-refractivity contribution >= 4 is 23.1 Å². The van der Waals surface area contributed by atoms with E-state index in [0.717, 1.165) is 11.1 Å². The van der Waals surface area contributed by atoms with Crippen LogP contribution in [0.4, 0.5) is 5.69 Å². The zero-order chi connectivity index (χ0) is 19.0. The Labute approximate surface area is 161 Å². The van der Waals surface area contributed by atoms with Crippen molar-refractivity contribution in [2.24, 2.45) is 5.92 Å². The lowest BCUT2D eigenvalue weighted by molar-refractivity contribution is -0.384. The van der Waals surface area contributed by atoms with Crippen LogP contribution in [-0.2, 0) is 0 Å². The summed E-state index contributed by atoms with van der Waals surface area (Å²) >= 11 is 6.00. The minimum atomic E-state index is -0.417. The van der Waals surface area contributed by atoms with E-state index in [1.807, 2.05) is 54.6 Å². The highest BCUT2D eigenvalue weighted by molar-refractivity contribution is 6.30. The summed E-state index contributed by atoms with van der Waals surface area (Å²) in [6, 6.07) is 23.3. The quantitative estimate of drug-likeness (QED) is 0.329. The van der Waals surface area contributed by atoms with Crippen LogP contribution in [0.2, 0.25) is 5.02 Å². The second kappa shape index (κ2) is 6.97. The summed E-state index contributed by atoms with van der Waals surface area (Å²) < 4.78 is 0. The average Bonchev–Trinajstić information content (AvgIpc) is 3.44. The van der Waals surface area contributed by atoms with Gasteiger partial charge in [0, 0.05) is 40.5 Å². The molecule has 27 heavy (non-hydrogen) atoms. The molecule has 4 rings (SSSR count). The summed E-state index contributed by atoms with van der Waals surface area (Å²) in [4.78, 5) is 23.6. The molecule has 5 heteroatoms. The zero-order valence-corrected chi connectivity index (χ0v) is 15.0. The smallest absolute Gasteiger partial charge is 0.269 e. The highest BCUT2D eigenvalue weighted by atomic mass is 35.5. The molecule has 0 bridgehead atoms. The van der Waals surface area contributed by atoms with Crippen molar-refractivity contribution in [2.45, 2.75) is 11.8 Å². The van der Waals surface area contributed by atoms with E-state index in [9.17, 15) is 14.9 Å². The lowest BCUT2D eigenvalue weighted by atomic mass is 10.0. The van der Waals surface area contributed by atoms with Crippen molar-refractivity contribution in [2.75, 3.05) is 0 Å². The van der Waals surface area contributed by atoms with Gasteiger partial charge in [-0.3, -0.25) is 14.9 Å². The average molecular weight is 378 g/mol. The van der Waals surface area contributed by atoms with Crippen molar-refractivity contribution in [3.8, 4) is 0 Å². The Morgan fingerprint density at radius 1 is 0.815 bits per heavy atom. The molecule has 1 aliphatic rings. The van der Waals surface area contributed by atoms with E-state index < -0.39 is 4.92 Å². The van der Waals surface area contributed by atoms with Crippen molar-refractivity contribution in [1.29, 1.82) is 0 Å². The van der Waals surface area contributed by atoms with Gasteiger partial charge in [-0.1, -0.05) is 66.2 Å². The Bertz CT molecular complexity index is 984. The second-order valence-electron chi connectivity index (χ2n) is 6.71. The number of halogens is 1. The number of hydrogen-bond donors (Lipinski definition) is 0. The van der Waals surface area contributed by atoms with Gasteiger partial charge in [-0.25, -0.2) is 0 Å². The molecule has 3 atom stereocenters. The summed E-state index contributed by atoms with van der Waals surface area (Å²) in [7, 11) is 0. The molecule has 1 saturated carbocycles. The van der Waals surface area contributed by atoms with Gasteiger partial charge >= 0.3 is 0 Å². The summed E-state index contributed by atoms with van der Waals surface area (Å²) in [5.74, 6) is -0.0509. The van der Waals surface area contributed by atoms with Crippen LogP contribution in [0.25, 0.3) is 0 Å². The summed E-state index contributed by atoms with van der Waals surface area (Å²) in [5, 5.41) is 11.6. The number of ketones is 1. The van der Waals surface area contributed by atoms with Gasteiger partial charge in [0.25, 0.3) is 5.69 Å². The third kappa shape index (κ3) is 3.36. The van der Waals surface area contributed by atoms with Crippen LogP contribution in [0, 0.1) is 16.0 Å². The summed E-state index contributed by atoms with van der Waals surface area (Å²) in [6.45, 7) is 0. The maximum Gasteiger partial charge on any atom is 0.269 e. The Hall–Kier alpha value is -2.98. The first-order valence-corrected chi connectivity index (χ1v) is 9.03. The summed E-state index contributed by atoms with van der Waals surface area (Å²) in [6.07, 6.45) is 0. The molecule has 0 radical (unpaired) electrons. The lowest BCUT2D eigenvalue weighted by Gasteiger charge is -2.01. The van der Waals surface area contributed by atoms with Crippen LogP contribution < -0.4 is 0 Å². The Morgan fingerprint density at radius 3 is 1.85 bits per heavy atom. The van der Waals surface area contributed by atoms with Crippen LogP contribution in [-0.4, -0.2) is 10.7 Å². The van der Waals surface area contributed by atoms with Crippen molar-refractivity contribution in [3.05, 3.63) is 111 Å². The van der Waals surface area contributed by atoms with Crippen LogP contribution >= 0.6 is 11.6 Å². The molecule has 1 fully saturated rings. The molecule has 0 N–H and O–H groups in total. The number of nitro groups is 1. The molecule has 3 aromatic carbocycles. The van der Waals surface area contributed by atoms with Gasteiger partial charge in [0.05, 0.1) is 4.92 Å². The normalized spacial score (nSPS) is 20.9. The number of Topliss-reactive ketones (excluding diaryl/α,β-unsaturated/α-hetero) is 1. The maximum atomic E-state index is 13.1. The first-order valence-electron chi connectivity index (χ1n) is 8.65. The minimum Gasteiger partial charge on any atom is -0.294 e. The molecule has 1 aliphatic carbocycles. The molecule has 0 amide bonds. The van der Waals surface area contributed by atoms with E-state index >= 15 is 0 Å². The fourth-order valence-corrected chi connectivity index (χ4v) is 3.89. The van der Waals surface area contributed by atoms with E-state index in [-0.39, 0.29) is 29.2 Å². The molecular formula is C22H16ClNO3. The first kappa shape index (κ1) is 17.4. The number of non-ortho nitro benzene ring substituents is 1. The number of nitrogens with zero attached hydrogens (tertiary/aromatic N) is 1. The third-order valence-electron chi connectivity index (χ3n) is 5.12. The van der Waals surface area contributed by atoms with Gasteiger partial charge in [0.15, 0.2) is 5.78 Å². The second-order valence-corrected chi connectivity index (χ2v) is 7.14. The number of benzene rings is 3. The van der Waals surface area contributed by atoms with E-state index in [0.29, 0.717) is 10.6 Å². The SMILES string of the molecule is O=C(c1ccccc1)[C@@H]1[C@H](c2ccc(Cl)cc2)[C@H]1c1ccc([N+](=O)[O-])cc1. The van der Waals surface area contributed by atoms with Crippen LogP contribution in [0.5, 0.6) is 0 Å². The maximum absolute atomic E-state index is 13.1.